The summed E-state index contributed by atoms with van der Waals surface area (Å²) in [5, 5.41) is 10.5. The third-order valence-electron chi connectivity index (χ3n) is 7.87. The van der Waals surface area contributed by atoms with Crippen LogP contribution in [0.25, 0.3) is 0 Å². The predicted molar refractivity (Wildman–Crippen MR) is 108 cm³/mol. The lowest BCUT2D eigenvalue weighted by molar-refractivity contribution is -0.0226. The first kappa shape index (κ1) is 17.9. The Morgan fingerprint density at radius 3 is 2.71 bits per heavy atom. The minimum Gasteiger partial charge on any atom is -0.423 e. The lowest BCUT2D eigenvalue weighted by Gasteiger charge is -2.50. The number of aliphatic hydroxyl groups is 1. The highest BCUT2D eigenvalue weighted by atomic mass is 16.5. The van der Waals surface area contributed by atoms with Crippen molar-refractivity contribution in [3.05, 3.63) is 65.2 Å². The SMILES string of the molecule is C[C@]12CC[C@@H]3c4ccc(OC(=O)c5ccccc5)cc4CCC3[C@@H]1CC[C@@H]2O. The van der Waals surface area contributed by atoms with E-state index in [0.717, 1.165) is 25.7 Å². The molecule has 2 aromatic carbocycles. The molecule has 3 aliphatic rings. The van der Waals surface area contributed by atoms with Crippen LogP contribution in [0.1, 0.15) is 66.4 Å². The summed E-state index contributed by atoms with van der Waals surface area (Å²) in [5.74, 6) is 2.25. The minimum absolute atomic E-state index is 0.115. The summed E-state index contributed by atoms with van der Waals surface area (Å²) < 4.78 is 5.63. The van der Waals surface area contributed by atoms with Gasteiger partial charge >= 0.3 is 5.97 Å². The molecule has 0 spiro atoms. The molecule has 3 aliphatic carbocycles. The summed E-state index contributed by atoms with van der Waals surface area (Å²) >= 11 is 0. The molecular formula is C25H28O3. The van der Waals surface area contributed by atoms with Crippen molar-refractivity contribution in [3.63, 3.8) is 0 Å². The Hall–Kier alpha value is -2.13. The van der Waals surface area contributed by atoms with Crippen LogP contribution in [-0.4, -0.2) is 17.2 Å². The molecule has 1 N–H and O–H groups in total. The van der Waals surface area contributed by atoms with Crippen molar-refractivity contribution in [2.75, 3.05) is 0 Å². The van der Waals surface area contributed by atoms with E-state index in [0.29, 0.717) is 29.1 Å². The van der Waals surface area contributed by atoms with Crippen LogP contribution in [0.15, 0.2) is 48.5 Å². The molecule has 1 unspecified atom stereocenters. The molecule has 0 aromatic heterocycles. The van der Waals surface area contributed by atoms with Crippen LogP contribution >= 0.6 is 0 Å². The van der Waals surface area contributed by atoms with Crippen LogP contribution < -0.4 is 4.74 Å². The molecule has 0 aliphatic heterocycles. The molecule has 2 fully saturated rings. The summed E-state index contributed by atoms with van der Waals surface area (Å²) in [6, 6.07) is 15.4. The van der Waals surface area contributed by atoms with Gasteiger partial charge in [-0.25, -0.2) is 4.79 Å². The van der Waals surface area contributed by atoms with E-state index in [-0.39, 0.29) is 17.5 Å². The Kier molecular flexibility index (Phi) is 4.31. The second kappa shape index (κ2) is 6.73. The number of hydrogen-bond donors (Lipinski definition) is 1. The van der Waals surface area contributed by atoms with Gasteiger partial charge in [0, 0.05) is 0 Å². The lowest BCUT2D eigenvalue weighted by atomic mass is 9.55. The number of hydrogen-bond acceptors (Lipinski definition) is 3. The molecule has 0 bridgehead atoms. The minimum atomic E-state index is -0.303. The third-order valence-corrected chi connectivity index (χ3v) is 7.87. The molecule has 2 aromatic rings. The highest BCUT2D eigenvalue weighted by Crippen LogP contribution is 2.60. The van der Waals surface area contributed by atoms with Crippen LogP contribution in [0.4, 0.5) is 0 Å². The van der Waals surface area contributed by atoms with Gasteiger partial charge in [0.2, 0.25) is 0 Å². The second-order valence-corrected chi connectivity index (χ2v) is 9.17. The van der Waals surface area contributed by atoms with Crippen molar-refractivity contribution in [3.8, 4) is 5.75 Å². The highest BCUT2D eigenvalue weighted by Gasteiger charge is 2.54. The van der Waals surface area contributed by atoms with Crippen LogP contribution in [0.2, 0.25) is 0 Å². The maximum absolute atomic E-state index is 12.4. The van der Waals surface area contributed by atoms with Crippen LogP contribution in [0.5, 0.6) is 5.75 Å². The van der Waals surface area contributed by atoms with E-state index in [2.05, 4.69) is 19.1 Å². The zero-order chi connectivity index (χ0) is 19.3. The number of carbonyl (C=O) groups is 1. The summed E-state index contributed by atoms with van der Waals surface area (Å²) in [4.78, 5) is 12.4. The molecule has 0 heterocycles. The molecule has 3 nitrogen and oxygen atoms in total. The first-order chi connectivity index (χ1) is 13.6. The third kappa shape index (κ3) is 2.79. The van der Waals surface area contributed by atoms with Gasteiger partial charge in [-0.15, -0.1) is 0 Å². The molecule has 0 amide bonds. The zero-order valence-corrected chi connectivity index (χ0v) is 16.4. The normalized spacial score (nSPS) is 33.5. The Morgan fingerprint density at radius 1 is 1.07 bits per heavy atom. The fourth-order valence-electron chi connectivity index (χ4n) is 6.33. The first-order valence-corrected chi connectivity index (χ1v) is 10.6. The Bertz CT molecular complexity index is 890. The number of ether oxygens (including phenoxy) is 1. The smallest absolute Gasteiger partial charge is 0.343 e. The van der Waals surface area contributed by atoms with Crippen molar-refractivity contribution >= 4 is 5.97 Å². The van der Waals surface area contributed by atoms with Gasteiger partial charge in [0.15, 0.2) is 0 Å². The molecule has 146 valence electrons. The standard InChI is InChI=1S/C25H28O3/c1-25-14-13-20-19-10-8-18(28-24(27)16-5-3-2-4-6-16)15-17(19)7-9-21(20)22(25)11-12-23(25)26/h2-6,8,10,15,20-23,26H,7,9,11-14H2,1H3/t20-,21?,22+,23+,25+/m1/s1. The Labute approximate surface area is 166 Å². The maximum atomic E-state index is 12.4. The van der Waals surface area contributed by atoms with Crippen molar-refractivity contribution in [1.29, 1.82) is 0 Å². The Morgan fingerprint density at radius 2 is 1.89 bits per heavy atom. The quantitative estimate of drug-likeness (QED) is 0.584. The molecule has 5 rings (SSSR count). The summed E-state index contributed by atoms with van der Waals surface area (Å²) in [7, 11) is 0. The number of rotatable bonds is 2. The van der Waals surface area contributed by atoms with E-state index in [1.807, 2.05) is 24.3 Å². The van der Waals surface area contributed by atoms with E-state index >= 15 is 0 Å². The second-order valence-electron chi connectivity index (χ2n) is 9.17. The van der Waals surface area contributed by atoms with Crippen LogP contribution in [0, 0.1) is 17.3 Å². The molecular weight excluding hydrogens is 348 g/mol. The largest absolute Gasteiger partial charge is 0.423 e. The monoisotopic (exact) mass is 376 g/mol. The van der Waals surface area contributed by atoms with E-state index < -0.39 is 0 Å². The lowest BCUT2D eigenvalue weighted by Crippen LogP contribution is -2.43. The number of carbonyl (C=O) groups excluding carboxylic acids is 1. The van der Waals surface area contributed by atoms with Crippen molar-refractivity contribution in [2.45, 2.75) is 57.5 Å². The number of aliphatic hydroxyl groups excluding tert-OH is 1. The average Bonchev–Trinajstić information content (AvgIpc) is 3.03. The van der Waals surface area contributed by atoms with E-state index in [1.165, 1.54) is 24.0 Å². The molecule has 0 saturated heterocycles. The first-order valence-electron chi connectivity index (χ1n) is 10.6. The van der Waals surface area contributed by atoms with Gasteiger partial charge in [-0.3, -0.25) is 0 Å². The molecule has 3 heteroatoms. The summed E-state index contributed by atoms with van der Waals surface area (Å²) in [6.07, 6.45) is 6.50. The summed E-state index contributed by atoms with van der Waals surface area (Å²) in [6.45, 7) is 2.31. The average molecular weight is 376 g/mol. The van der Waals surface area contributed by atoms with Crippen LogP contribution in [-0.2, 0) is 6.42 Å². The molecule has 2 saturated carbocycles. The fourth-order valence-corrected chi connectivity index (χ4v) is 6.33. The zero-order valence-electron chi connectivity index (χ0n) is 16.4. The van der Waals surface area contributed by atoms with Gasteiger partial charge in [0.1, 0.15) is 5.75 Å². The number of benzene rings is 2. The predicted octanol–water partition coefficient (Wildman–Crippen LogP) is 5.12. The van der Waals surface area contributed by atoms with Gasteiger partial charge in [-0.2, -0.15) is 0 Å². The Balaban J connectivity index is 1.37. The molecule has 28 heavy (non-hydrogen) atoms. The fraction of sp³-hybridized carbons (Fsp3) is 0.480. The van der Waals surface area contributed by atoms with Gasteiger partial charge in [-0.1, -0.05) is 31.2 Å². The highest BCUT2D eigenvalue weighted by molar-refractivity contribution is 5.91. The van der Waals surface area contributed by atoms with Gasteiger partial charge < -0.3 is 9.84 Å². The van der Waals surface area contributed by atoms with Crippen molar-refractivity contribution in [1.82, 2.24) is 0 Å². The number of aryl methyl sites for hydroxylation is 1. The van der Waals surface area contributed by atoms with E-state index in [9.17, 15) is 9.90 Å². The van der Waals surface area contributed by atoms with Gasteiger partial charge in [0.05, 0.1) is 11.7 Å². The van der Waals surface area contributed by atoms with Crippen LogP contribution in [0.3, 0.4) is 0 Å². The summed E-state index contributed by atoms with van der Waals surface area (Å²) in [5.41, 5.74) is 3.47. The number of esters is 1. The van der Waals surface area contributed by atoms with Gasteiger partial charge in [-0.05, 0) is 97.1 Å². The topological polar surface area (TPSA) is 46.5 Å². The van der Waals surface area contributed by atoms with E-state index in [1.54, 1.807) is 12.1 Å². The molecule has 0 radical (unpaired) electrons. The number of fused-ring (bicyclic) bond motifs is 5. The van der Waals surface area contributed by atoms with Gasteiger partial charge in [0.25, 0.3) is 0 Å². The van der Waals surface area contributed by atoms with E-state index in [4.69, 9.17) is 4.74 Å². The van der Waals surface area contributed by atoms with Crippen molar-refractivity contribution in [2.24, 2.45) is 17.3 Å². The maximum Gasteiger partial charge on any atom is 0.343 e. The van der Waals surface area contributed by atoms with Crippen molar-refractivity contribution < 1.29 is 14.6 Å². The molecule has 5 atom stereocenters.